The SMILES string of the molecule is COc1c(N2CCN(Cc3cn([C@H]4C[C@H](N=[N+]=[N-])[C@@H](CO)O4)c(=O)[nH]c3=O)C(C)C2)c(F)cc2c(=O)c(C(=O)O)cn(C3CC3)c12. The third kappa shape index (κ3) is 5.51. The Balaban J connectivity index is 1.27. The van der Waals surface area contributed by atoms with E-state index in [-0.39, 0.29) is 47.4 Å². The molecule has 0 spiro atoms. The average Bonchev–Trinajstić information content (AvgIpc) is 3.79. The van der Waals surface area contributed by atoms with E-state index in [2.05, 4.69) is 15.0 Å². The topological polar surface area (TPSA) is 208 Å². The van der Waals surface area contributed by atoms with E-state index in [0.29, 0.717) is 25.2 Å². The normalized spacial score (nSPS) is 23.4. The van der Waals surface area contributed by atoms with Crippen molar-refractivity contribution < 1.29 is 28.9 Å². The van der Waals surface area contributed by atoms with Crippen LogP contribution < -0.4 is 26.3 Å². The van der Waals surface area contributed by atoms with Crippen LogP contribution in [0.25, 0.3) is 21.3 Å². The monoisotopic (exact) mass is 640 g/mol. The first-order chi connectivity index (χ1) is 22.1. The molecule has 0 radical (unpaired) electrons. The number of piperazine rings is 1. The molecule has 1 saturated carbocycles. The second kappa shape index (κ2) is 12.2. The summed E-state index contributed by atoms with van der Waals surface area (Å²) in [5.74, 6) is -1.95. The van der Waals surface area contributed by atoms with E-state index < -0.39 is 59.0 Å². The van der Waals surface area contributed by atoms with Crippen molar-refractivity contribution in [2.24, 2.45) is 5.11 Å². The number of hydrogen-bond acceptors (Lipinski definition) is 10. The number of fused-ring (bicyclic) bond motifs is 1. The van der Waals surface area contributed by atoms with Gasteiger partial charge < -0.3 is 29.2 Å². The number of ether oxygens (including phenoxy) is 2. The van der Waals surface area contributed by atoms with Crippen LogP contribution in [0, 0.1) is 5.82 Å². The van der Waals surface area contributed by atoms with Crippen LogP contribution in [0.1, 0.15) is 54.4 Å². The highest BCUT2D eigenvalue weighted by Gasteiger charge is 2.37. The molecule has 244 valence electrons. The number of pyridine rings is 1. The highest BCUT2D eigenvalue weighted by atomic mass is 19.1. The Hall–Kier alpha value is -4.70. The molecule has 2 aromatic heterocycles. The minimum atomic E-state index is -1.38. The summed E-state index contributed by atoms with van der Waals surface area (Å²) in [6.45, 7) is 2.74. The largest absolute Gasteiger partial charge is 0.492 e. The first-order valence-electron chi connectivity index (χ1n) is 14.9. The zero-order valence-electron chi connectivity index (χ0n) is 25.1. The number of aromatic carboxylic acids is 1. The van der Waals surface area contributed by atoms with E-state index in [0.717, 1.165) is 18.9 Å². The van der Waals surface area contributed by atoms with Crippen LogP contribution >= 0.6 is 0 Å². The summed E-state index contributed by atoms with van der Waals surface area (Å²) in [6.07, 6.45) is 2.79. The van der Waals surface area contributed by atoms with Gasteiger partial charge in [-0.1, -0.05) is 5.11 Å². The van der Waals surface area contributed by atoms with Crippen molar-refractivity contribution in [2.45, 2.75) is 63.2 Å². The summed E-state index contributed by atoms with van der Waals surface area (Å²) >= 11 is 0. The lowest BCUT2D eigenvalue weighted by Crippen LogP contribution is -2.52. The zero-order valence-corrected chi connectivity index (χ0v) is 25.1. The molecule has 2 aliphatic heterocycles. The maximum atomic E-state index is 15.8. The third-order valence-corrected chi connectivity index (χ3v) is 8.96. The van der Waals surface area contributed by atoms with E-state index in [1.807, 2.05) is 16.7 Å². The number of rotatable bonds is 9. The predicted octanol–water partition coefficient (Wildman–Crippen LogP) is 1.70. The summed E-state index contributed by atoms with van der Waals surface area (Å²) in [5, 5.41) is 22.8. The van der Waals surface area contributed by atoms with Gasteiger partial charge in [0.15, 0.2) is 11.6 Å². The van der Waals surface area contributed by atoms with Gasteiger partial charge in [-0.15, -0.1) is 0 Å². The highest BCUT2D eigenvalue weighted by Crippen LogP contribution is 2.44. The summed E-state index contributed by atoms with van der Waals surface area (Å²) < 4.78 is 30.2. The zero-order chi connectivity index (χ0) is 32.9. The Morgan fingerprint density at radius 3 is 2.63 bits per heavy atom. The number of aliphatic hydroxyl groups is 1. The van der Waals surface area contributed by atoms with E-state index >= 15 is 4.39 Å². The lowest BCUT2D eigenvalue weighted by molar-refractivity contribution is -0.0272. The van der Waals surface area contributed by atoms with Gasteiger partial charge in [0, 0.05) is 67.6 Å². The number of hydrogen-bond donors (Lipinski definition) is 3. The van der Waals surface area contributed by atoms with Crippen LogP contribution in [0.3, 0.4) is 0 Å². The van der Waals surface area contributed by atoms with Gasteiger partial charge in [-0.25, -0.2) is 14.0 Å². The lowest BCUT2D eigenvalue weighted by atomic mass is 10.1. The van der Waals surface area contributed by atoms with E-state index in [1.165, 1.54) is 24.1 Å². The molecule has 6 rings (SSSR count). The molecule has 17 heteroatoms. The van der Waals surface area contributed by atoms with Gasteiger partial charge in [0.05, 0.1) is 36.8 Å². The highest BCUT2D eigenvalue weighted by molar-refractivity contribution is 5.97. The average molecular weight is 641 g/mol. The van der Waals surface area contributed by atoms with Crippen molar-refractivity contribution >= 4 is 22.6 Å². The van der Waals surface area contributed by atoms with Gasteiger partial charge in [0.2, 0.25) is 5.43 Å². The van der Waals surface area contributed by atoms with Crippen molar-refractivity contribution in [2.75, 3.05) is 38.3 Å². The molecule has 1 aliphatic carbocycles. The van der Waals surface area contributed by atoms with Crippen molar-refractivity contribution in [1.29, 1.82) is 0 Å². The van der Waals surface area contributed by atoms with E-state index in [1.54, 1.807) is 4.57 Å². The fourth-order valence-corrected chi connectivity index (χ4v) is 6.47. The smallest absolute Gasteiger partial charge is 0.341 e. The summed E-state index contributed by atoms with van der Waals surface area (Å²) in [4.78, 5) is 59.2. The molecule has 3 fully saturated rings. The minimum absolute atomic E-state index is 0.0281. The Kier molecular flexibility index (Phi) is 8.33. The molecule has 1 aromatic carbocycles. The number of carboxylic acids is 1. The van der Waals surface area contributed by atoms with Crippen molar-refractivity contribution in [3.05, 3.63) is 76.9 Å². The predicted molar refractivity (Wildman–Crippen MR) is 162 cm³/mol. The molecular weight excluding hydrogens is 607 g/mol. The fourth-order valence-electron chi connectivity index (χ4n) is 6.47. The molecule has 4 atom stereocenters. The Morgan fingerprint density at radius 2 is 2.00 bits per heavy atom. The number of nitrogens with one attached hydrogen (secondary N) is 1. The molecular formula is C29H33FN8O8. The molecule has 3 aliphatic rings. The Morgan fingerprint density at radius 1 is 1.24 bits per heavy atom. The van der Waals surface area contributed by atoms with E-state index in [9.17, 15) is 29.4 Å². The standard InChI is InChI=1S/C29H33FN8O8/c1-14-9-36(24-19(30)7-17-23(26(24)45-2)37(16-3-4-16)12-18(25(17)40)28(42)43)6-5-35(14)10-15-11-38(29(44)32-27(15)41)22-8-20(33-34-31)21(13-39)46-22/h7,11-12,14,16,20-22,39H,3-6,8-10,13H2,1-2H3,(H,42,43)(H,32,41,44)/t14?,20-,21+,22+/m0/s1. The van der Waals surface area contributed by atoms with Crippen molar-refractivity contribution in [3.63, 3.8) is 0 Å². The molecule has 16 nitrogen and oxygen atoms in total. The van der Waals surface area contributed by atoms with Crippen LogP contribution in [0.5, 0.6) is 5.75 Å². The molecule has 0 bridgehead atoms. The number of nitrogens with zero attached hydrogens (tertiary/aromatic N) is 7. The van der Waals surface area contributed by atoms with Crippen LogP contribution in [-0.4, -0.2) is 86.7 Å². The number of aliphatic hydroxyl groups excluding tert-OH is 1. The molecule has 0 amide bonds. The number of aromatic amines is 1. The molecule has 46 heavy (non-hydrogen) atoms. The van der Waals surface area contributed by atoms with Crippen LogP contribution in [0.15, 0.2) is 38.0 Å². The van der Waals surface area contributed by atoms with Gasteiger partial charge in [0.25, 0.3) is 5.56 Å². The van der Waals surface area contributed by atoms with Crippen LogP contribution in [0.2, 0.25) is 0 Å². The second-order valence-electron chi connectivity index (χ2n) is 11.9. The number of H-pyrrole nitrogens is 1. The number of benzene rings is 1. The number of anilines is 1. The molecule has 4 heterocycles. The Labute approximate surface area is 259 Å². The first-order valence-corrected chi connectivity index (χ1v) is 14.9. The van der Waals surface area contributed by atoms with E-state index in [4.69, 9.17) is 15.0 Å². The second-order valence-corrected chi connectivity index (χ2v) is 11.9. The van der Waals surface area contributed by atoms with Gasteiger partial charge in [0.1, 0.15) is 17.5 Å². The quantitative estimate of drug-likeness (QED) is 0.175. The number of carboxylic acid groups (broad SMARTS) is 1. The number of methoxy groups -OCH3 is 1. The van der Waals surface area contributed by atoms with Crippen LogP contribution in [-0.2, 0) is 11.3 Å². The van der Waals surface area contributed by atoms with Gasteiger partial charge in [-0.3, -0.25) is 24.0 Å². The van der Waals surface area contributed by atoms with Gasteiger partial charge in [-0.05, 0) is 31.4 Å². The number of halogens is 1. The molecule has 1 unspecified atom stereocenters. The van der Waals surface area contributed by atoms with Crippen molar-refractivity contribution in [1.82, 2.24) is 19.0 Å². The van der Waals surface area contributed by atoms with Crippen molar-refractivity contribution in [3.8, 4) is 5.75 Å². The molecule has 2 saturated heterocycles. The minimum Gasteiger partial charge on any atom is -0.492 e. The van der Waals surface area contributed by atoms with Crippen LogP contribution in [0.4, 0.5) is 10.1 Å². The van der Waals surface area contributed by atoms with Gasteiger partial charge >= 0.3 is 11.7 Å². The molecule has 3 N–H and O–H groups in total. The summed E-state index contributed by atoms with van der Waals surface area (Å²) in [7, 11) is 1.39. The Bertz CT molecular complexity index is 1930. The summed E-state index contributed by atoms with van der Waals surface area (Å²) in [6, 6.07) is 0.171. The van der Waals surface area contributed by atoms with Gasteiger partial charge in [-0.2, -0.15) is 0 Å². The number of carbonyl (C=O) groups is 1. The first kappa shape index (κ1) is 31.3. The third-order valence-electron chi connectivity index (χ3n) is 8.96. The maximum absolute atomic E-state index is 15.8. The number of aromatic nitrogens is 3. The number of azide groups is 1. The lowest BCUT2D eigenvalue weighted by Gasteiger charge is -2.41. The maximum Gasteiger partial charge on any atom is 0.341 e. The molecule has 3 aromatic rings. The summed E-state index contributed by atoms with van der Waals surface area (Å²) in [5.41, 5.74) is 7.15. The fraction of sp³-hybridized carbons (Fsp3) is 0.517.